The maximum absolute atomic E-state index is 6.04. The topological polar surface area (TPSA) is 38.2 Å². The van der Waals surface area contributed by atoms with E-state index in [-0.39, 0.29) is 6.10 Å². The average Bonchev–Trinajstić information content (AvgIpc) is 2.61. The SMILES string of the molecule is Cc1ccccc1C1CN(c2ncnc3ccc(Br)cc23)CCO1. The van der Waals surface area contributed by atoms with Crippen LogP contribution in [0.2, 0.25) is 0 Å². The standard InChI is InChI=1S/C19H18BrN3O/c1-13-4-2-3-5-15(13)18-11-23(8-9-24-18)19-16-10-14(20)6-7-17(16)21-12-22-19/h2-7,10,12,18H,8-9,11H2,1H3. The van der Waals surface area contributed by atoms with Crippen molar-refractivity contribution in [3.8, 4) is 0 Å². The van der Waals surface area contributed by atoms with Gasteiger partial charge >= 0.3 is 0 Å². The first-order valence-electron chi connectivity index (χ1n) is 8.05. The van der Waals surface area contributed by atoms with Crippen LogP contribution in [0.3, 0.4) is 0 Å². The van der Waals surface area contributed by atoms with E-state index in [1.54, 1.807) is 6.33 Å². The molecule has 5 heteroatoms. The molecule has 1 fully saturated rings. The molecular weight excluding hydrogens is 366 g/mol. The number of rotatable bonds is 2. The van der Waals surface area contributed by atoms with Gasteiger partial charge in [0.2, 0.25) is 0 Å². The molecule has 24 heavy (non-hydrogen) atoms. The van der Waals surface area contributed by atoms with Gasteiger partial charge in [0, 0.05) is 22.9 Å². The second-order valence-electron chi connectivity index (χ2n) is 6.02. The molecule has 4 nitrogen and oxygen atoms in total. The van der Waals surface area contributed by atoms with E-state index >= 15 is 0 Å². The Morgan fingerprint density at radius 2 is 2.04 bits per heavy atom. The van der Waals surface area contributed by atoms with Crippen molar-refractivity contribution in [2.75, 3.05) is 24.6 Å². The molecule has 3 aromatic rings. The van der Waals surface area contributed by atoms with Gasteiger partial charge in [-0.3, -0.25) is 0 Å². The zero-order valence-electron chi connectivity index (χ0n) is 13.4. The summed E-state index contributed by atoms with van der Waals surface area (Å²) in [6.07, 6.45) is 1.71. The number of morpholine rings is 1. The first-order chi connectivity index (χ1) is 11.7. The first-order valence-corrected chi connectivity index (χ1v) is 8.84. The Labute approximate surface area is 149 Å². The fraction of sp³-hybridized carbons (Fsp3) is 0.263. The monoisotopic (exact) mass is 383 g/mol. The lowest BCUT2D eigenvalue weighted by Gasteiger charge is -2.35. The highest BCUT2D eigenvalue weighted by atomic mass is 79.9. The van der Waals surface area contributed by atoms with Crippen LogP contribution in [0, 0.1) is 6.92 Å². The van der Waals surface area contributed by atoms with E-state index in [4.69, 9.17) is 4.74 Å². The van der Waals surface area contributed by atoms with Crippen molar-refractivity contribution in [2.45, 2.75) is 13.0 Å². The molecule has 0 N–H and O–H groups in total. The van der Waals surface area contributed by atoms with Crippen molar-refractivity contribution in [2.24, 2.45) is 0 Å². The van der Waals surface area contributed by atoms with Gasteiger partial charge in [-0.15, -0.1) is 0 Å². The molecule has 0 radical (unpaired) electrons. The van der Waals surface area contributed by atoms with Crippen molar-refractivity contribution >= 4 is 32.7 Å². The summed E-state index contributed by atoms with van der Waals surface area (Å²) in [5.41, 5.74) is 3.48. The predicted octanol–water partition coefficient (Wildman–Crippen LogP) is 4.28. The molecule has 4 rings (SSSR count). The van der Waals surface area contributed by atoms with Gasteiger partial charge in [-0.05, 0) is 36.2 Å². The summed E-state index contributed by atoms with van der Waals surface area (Å²) in [5.74, 6) is 0.975. The van der Waals surface area contributed by atoms with Crippen LogP contribution < -0.4 is 4.90 Å². The minimum Gasteiger partial charge on any atom is -0.370 e. The summed E-state index contributed by atoms with van der Waals surface area (Å²) in [6.45, 7) is 4.46. The highest BCUT2D eigenvalue weighted by Gasteiger charge is 2.25. The largest absolute Gasteiger partial charge is 0.370 e. The number of nitrogens with zero attached hydrogens (tertiary/aromatic N) is 3. The summed E-state index contributed by atoms with van der Waals surface area (Å²) in [7, 11) is 0. The minimum atomic E-state index is 0.0668. The van der Waals surface area contributed by atoms with E-state index in [0.29, 0.717) is 6.61 Å². The van der Waals surface area contributed by atoms with Gasteiger partial charge < -0.3 is 9.64 Å². The van der Waals surface area contributed by atoms with Gasteiger partial charge in [-0.1, -0.05) is 40.2 Å². The molecule has 1 atom stereocenters. The fourth-order valence-electron chi connectivity index (χ4n) is 3.25. The highest BCUT2D eigenvalue weighted by molar-refractivity contribution is 9.10. The Balaban J connectivity index is 1.70. The molecule has 0 spiro atoms. The number of aromatic nitrogens is 2. The molecule has 2 aromatic carbocycles. The molecule has 1 saturated heterocycles. The van der Waals surface area contributed by atoms with Gasteiger partial charge in [0.05, 0.1) is 12.1 Å². The van der Waals surface area contributed by atoms with Gasteiger partial charge in [0.1, 0.15) is 18.2 Å². The fourth-order valence-corrected chi connectivity index (χ4v) is 3.61. The van der Waals surface area contributed by atoms with Gasteiger partial charge in [0.25, 0.3) is 0 Å². The summed E-state index contributed by atoms with van der Waals surface area (Å²) in [5, 5.41) is 1.07. The van der Waals surface area contributed by atoms with Crippen LogP contribution in [0.4, 0.5) is 5.82 Å². The lowest BCUT2D eigenvalue weighted by Crippen LogP contribution is -2.39. The molecule has 0 bridgehead atoms. The maximum atomic E-state index is 6.04. The third-order valence-electron chi connectivity index (χ3n) is 4.48. The van der Waals surface area contributed by atoms with E-state index in [9.17, 15) is 0 Å². The Hall–Kier alpha value is -1.98. The molecule has 1 aliphatic heterocycles. The van der Waals surface area contributed by atoms with E-state index in [0.717, 1.165) is 34.3 Å². The number of aryl methyl sites for hydroxylation is 1. The van der Waals surface area contributed by atoms with E-state index in [2.05, 4.69) is 68.1 Å². The van der Waals surface area contributed by atoms with E-state index in [1.807, 2.05) is 12.1 Å². The molecular formula is C19H18BrN3O. The smallest absolute Gasteiger partial charge is 0.140 e. The van der Waals surface area contributed by atoms with E-state index in [1.165, 1.54) is 11.1 Å². The quantitative estimate of drug-likeness (QED) is 0.661. The van der Waals surface area contributed by atoms with Crippen molar-refractivity contribution in [1.82, 2.24) is 9.97 Å². The number of hydrogen-bond acceptors (Lipinski definition) is 4. The normalized spacial score (nSPS) is 18.1. The second kappa shape index (κ2) is 6.49. The van der Waals surface area contributed by atoms with Crippen LogP contribution in [-0.2, 0) is 4.74 Å². The molecule has 1 aromatic heterocycles. The summed E-state index contributed by atoms with van der Waals surface area (Å²) in [6, 6.07) is 14.5. The zero-order valence-corrected chi connectivity index (χ0v) is 15.0. The number of anilines is 1. The minimum absolute atomic E-state index is 0.0668. The third-order valence-corrected chi connectivity index (χ3v) is 4.97. The zero-order chi connectivity index (χ0) is 16.5. The molecule has 0 saturated carbocycles. The molecule has 0 amide bonds. The van der Waals surface area contributed by atoms with Crippen LogP contribution in [0.25, 0.3) is 10.9 Å². The van der Waals surface area contributed by atoms with Crippen LogP contribution in [0.15, 0.2) is 53.3 Å². The molecule has 0 aliphatic carbocycles. The second-order valence-corrected chi connectivity index (χ2v) is 6.94. The third kappa shape index (κ3) is 2.89. The van der Waals surface area contributed by atoms with Crippen molar-refractivity contribution in [3.63, 3.8) is 0 Å². The number of benzene rings is 2. The number of halogens is 1. The summed E-state index contributed by atoms with van der Waals surface area (Å²) >= 11 is 3.55. The highest BCUT2D eigenvalue weighted by Crippen LogP contribution is 2.31. The summed E-state index contributed by atoms with van der Waals surface area (Å²) < 4.78 is 7.07. The van der Waals surface area contributed by atoms with Crippen molar-refractivity contribution < 1.29 is 4.74 Å². The van der Waals surface area contributed by atoms with Crippen molar-refractivity contribution in [3.05, 3.63) is 64.4 Å². The maximum Gasteiger partial charge on any atom is 0.140 e. The Morgan fingerprint density at radius 1 is 1.17 bits per heavy atom. The van der Waals surface area contributed by atoms with Gasteiger partial charge in [0.15, 0.2) is 0 Å². The molecule has 1 aliphatic rings. The average molecular weight is 384 g/mol. The van der Waals surface area contributed by atoms with Crippen LogP contribution >= 0.6 is 15.9 Å². The number of ether oxygens (including phenoxy) is 1. The molecule has 2 heterocycles. The lowest BCUT2D eigenvalue weighted by molar-refractivity contribution is 0.0392. The van der Waals surface area contributed by atoms with Gasteiger partial charge in [-0.25, -0.2) is 9.97 Å². The predicted molar refractivity (Wildman–Crippen MR) is 99.3 cm³/mol. The lowest BCUT2D eigenvalue weighted by atomic mass is 10.0. The van der Waals surface area contributed by atoms with Crippen molar-refractivity contribution in [1.29, 1.82) is 0 Å². The Bertz CT molecular complexity index is 883. The van der Waals surface area contributed by atoms with Gasteiger partial charge in [-0.2, -0.15) is 0 Å². The van der Waals surface area contributed by atoms with Crippen LogP contribution in [-0.4, -0.2) is 29.7 Å². The van der Waals surface area contributed by atoms with Crippen LogP contribution in [0.1, 0.15) is 17.2 Å². The Kier molecular flexibility index (Phi) is 4.21. The summed E-state index contributed by atoms with van der Waals surface area (Å²) in [4.78, 5) is 11.2. The number of fused-ring (bicyclic) bond motifs is 1. The van der Waals surface area contributed by atoms with Crippen LogP contribution in [0.5, 0.6) is 0 Å². The first kappa shape index (κ1) is 15.5. The number of hydrogen-bond donors (Lipinski definition) is 0. The van der Waals surface area contributed by atoms with E-state index < -0.39 is 0 Å². The molecule has 122 valence electrons. The Morgan fingerprint density at radius 3 is 2.92 bits per heavy atom. The molecule has 1 unspecified atom stereocenters.